The number of rotatable bonds is 1. The lowest BCUT2D eigenvalue weighted by Gasteiger charge is -2.34. The standard InChI is InChI=1S/C13H17F3N2O2/c14-13(15,16)12(20)18-7-5-17(6-8-18)11(19)9-10-3-1-2-4-10/h9H,1-8H2. The summed E-state index contributed by atoms with van der Waals surface area (Å²) in [6.07, 6.45) is 0.808. The van der Waals surface area contributed by atoms with Crippen molar-refractivity contribution in [3.05, 3.63) is 11.6 Å². The van der Waals surface area contributed by atoms with Crippen LogP contribution >= 0.6 is 0 Å². The van der Waals surface area contributed by atoms with Gasteiger partial charge in [0.2, 0.25) is 5.91 Å². The van der Waals surface area contributed by atoms with Gasteiger partial charge in [-0.05, 0) is 25.7 Å². The van der Waals surface area contributed by atoms with Crippen LogP contribution in [0.25, 0.3) is 0 Å². The molecule has 0 spiro atoms. The van der Waals surface area contributed by atoms with Crippen LogP contribution in [-0.2, 0) is 9.59 Å². The first-order valence-corrected chi connectivity index (χ1v) is 6.72. The molecule has 1 aliphatic heterocycles. The summed E-state index contributed by atoms with van der Waals surface area (Å²) in [5.74, 6) is -1.97. The fourth-order valence-corrected chi connectivity index (χ4v) is 2.55. The molecule has 0 unspecified atom stereocenters. The SMILES string of the molecule is O=C(C=C1CCCC1)N1CCN(C(=O)C(F)(F)F)CC1. The Balaban J connectivity index is 1.86. The van der Waals surface area contributed by atoms with Crippen molar-refractivity contribution in [1.82, 2.24) is 9.80 Å². The highest BCUT2D eigenvalue weighted by atomic mass is 19.4. The van der Waals surface area contributed by atoms with Gasteiger partial charge in [-0.2, -0.15) is 13.2 Å². The summed E-state index contributed by atoms with van der Waals surface area (Å²) in [7, 11) is 0. The summed E-state index contributed by atoms with van der Waals surface area (Å²) >= 11 is 0. The molecule has 0 N–H and O–H groups in total. The molecule has 2 amide bonds. The molecule has 0 radical (unpaired) electrons. The number of carbonyl (C=O) groups excluding carboxylic acids is 2. The highest BCUT2D eigenvalue weighted by Crippen LogP contribution is 2.24. The Hall–Kier alpha value is -1.53. The summed E-state index contributed by atoms with van der Waals surface area (Å²) in [6.45, 7) is 0.190. The second-order valence-corrected chi connectivity index (χ2v) is 5.12. The van der Waals surface area contributed by atoms with E-state index in [0.717, 1.165) is 36.2 Å². The average molecular weight is 290 g/mol. The van der Waals surface area contributed by atoms with Gasteiger partial charge in [0.1, 0.15) is 0 Å². The monoisotopic (exact) mass is 290 g/mol. The predicted molar refractivity (Wildman–Crippen MR) is 65.8 cm³/mol. The van der Waals surface area contributed by atoms with Crippen molar-refractivity contribution in [2.24, 2.45) is 0 Å². The van der Waals surface area contributed by atoms with E-state index in [0.29, 0.717) is 0 Å². The van der Waals surface area contributed by atoms with Crippen LogP contribution in [-0.4, -0.2) is 54.0 Å². The zero-order valence-electron chi connectivity index (χ0n) is 11.1. The van der Waals surface area contributed by atoms with Crippen LogP contribution in [0.3, 0.4) is 0 Å². The van der Waals surface area contributed by atoms with Crippen LogP contribution in [0.15, 0.2) is 11.6 Å². The van der Waals surface area contributed by atoms with Gasteiger partial charge in [-0.3, -0.25) is 9.59 Å². The van der Waals surface area contributed by atoms with Crippen molar-refractivity contribution in [3.8, 4) is 0 Å². The smallest absolute Gasteiger partial charge is 0.336 e. The van der Waals surface area contributed by atoms with E-state index in [1.807, 2.05) is 0 Å². The summed E-state index contributed by atoms with van der Waals surface area (Å²) < 4.78 is 36.8. The van der Waals surface area contributed by atoms with E-state index in [9.17, 15) is 22.8 Å². The largest absolute Gasteiger partial charge is 0.471 e. The van der Waals surface area contributed by atoms with E-state index in [-0.39, 0.29) is 32.1 Å². The third kappa shape index (κ3) is 3.52. The van der Waals surface area contributed by atoms with Crippen molar-refractivity contribution in [2.45, 2.75) is 31.9 Å². The van der Waals surface area contributed by atoms with Crippen LogP contribution in [0.5, 0.6) is 0 Å². The topological polar surface area (TPSA) is 40.6 Å². The van der Waals surface area contributed by atoms with Gasteiger partial charge in [0, 0.05) is 32.3 Å². The average Bonchev–Trinajstić information content (AvgIpc) is 2.90. The van der Waals surface area contributed by atoms with Gasteiger partial charge >= 0.3 is 12.1 Å². The maximum atomic E-state index is 12.3. The number of allylic oxidation sites excluding steroid dienone is 1. The normalized spacial score (nSPS) is 20.2. The first-order chi connectivity index (χ1) is 9.38. The molecule has 1 saturated heterocycles. The molecule has 112 valence electrons. The highest BCUT2D eigenvalue weighted by molar-refractivity contribution is 5.89. The molecule has 2 aliphatic rings. The van der Waals surface area contributed by atoms with Gasteiger partial charge in [-0.25, -0.2) is 0 Å². The van der Waals surface area contributed by atoms with E-state index in [1.165, 1.54) is 4.90 Å². The van der Waals surface area contributed by atoms with E-state index in [4.69, 9.17) is 0 Å². The van der Waals surface area contributed by atoms with Crippen LogP contribution in [0.1, 0.15) is 25.7 Å². The first-order valence-electron chi connectivity index (χ1n) is 6.72. The van der Waals surface area contributed by atoms with Crippen molar-refractivity contribution in [3.63, 3.8) is 0 Å². The number of alkyl halides is 3. The summed E-state index contributed by atoms with van der Waals surface area (Å²) in [6, 6.07) is 0. The van der Waals surface area contributed by atoms with Crippen LogP contribution < -0.4 is 0 Å². The van der Waals surface area contributed by atoms with E-state index in [1.54, 1.807) is 6.08 Å². The Morgan fingerprint density at radius 2 is 1.45 bits per heavy atom. The summed E-state index contributed by atoms with van der Waals surface area (Å²) in [4.78, 5) is 25.3. The molecule has 1 saturated carbocycles. The zero-order chi connectivity index (χ0) is 14.8. The quantitative estimate of drug-likeness (QED) is 0.690. The molecule has 0 bridgehead atoms. The van der Waals surface area contributed by atoms with Crippen molar-refractivity contribution in [2.75, 3.05) is 26.2 Å². The molecule has 0 atom stereocenters. The molecule has 0 aromatic carbocycles. The molecular weight excluding hydrogens is 273 g/mol. The molecule has 0 aromatic heterocycles. The van der Waals surface area contributed by atoms with Gasteiger partial charge in [0.05, 0.1) is 0 Å². The van der Waals surface area contributed by atoms with Gasteiger partial charge in [0.25, 0.3) is 0 Å². The lowest BCUT2D eigenvalue weighted by Crippen LogP contribution is -2.53. The molecule has 4 nitrogen and oxygen atoms in total. The van der Waals surface area contributed by atoms with Crippen molar-refractivity contribution in [1.29, 1.82) is 0 Å². The van der Waals surface area contributed by atoms with Crippen LogP contribution in [0.2, 0.25) is 0 Å². The fourth-order valence-electron chi connectivity index (χ4n) is 2.55. The molecular formula is C13H17F3N2O2. The molecule has 2 fully saturated rings. The number of hydrogen-bond donors (Lipinski definition) is 0. The van der Waals surface area contributed by atoms with Gasteiger partial charge in [0.15, 0.2) is 0 Å². The maximum absolute atomic E-state index is 12.3. The van der Waals surface area contributed by atoms with Gasteiger partial charge in [-0.15, -0.1) is 0 Å². The van der Waals surface area contributed by atoms with Gasteiger partial charge < -0.3 is 9.80 Å². The Morgan fingerprint density at radius 1 is 0.950 bits per heavy atom. The number of hydrogen-bond acceptors (Lipinski definition) is 2. The van der Waals surface area contributed by atoms with Crippen LogP contribution in [0, 0.1) is 0 Å². The van der Waals surface area contributed by atoms with E-state index >= 15 is 0 Å². The summed E-state index contributed by atoms with van der Waals surface area (Å²) in [5, 5.41) is 0. The second-order valence-electron chi connectivity index (χ2n) is 5.12. The van der Waals surface area contributed by atoms with Crippen molar-refractivity contribution >= 4 is 11.8 Å². The second kappa shape index (κ2) is 5.85. The Bertz CT molecular complexity index is 416. The molecule has 20 heavy (non-hydrogen) atoms. The number of amides is 2. The zero-order valence-corrected chi connectivity index (χ0v) is 11.1. The van der Waals surface area contributed by atoms with E-state index < -0.39 is 12.1 Å². The van der Waals surface area contributed by atoms with Crippen LogP contribution in [0.4, 0.5) is 13.2 Å². The number of carbonyl (C=O) groups is 2. The highest BCUT2D eigenvalue weighted by Gasteiger charge is 2.43. The Labute approximate surface area is 115 Å². The number of halogens is 3. The lowest BCUT2D eigenvalue weighted by molar-refractivity contribution is -0.187. The van der Waals surface area contributed by atoms with Crippen molar-refractivity contribution < 1.29 is 22.8 Å². The lowest BCUT2D eigenvalue weighted by atomic mass is 10.2. The minimum atomic E-state index is -4.84. The first kappa shape index (κ1) is 14.9. The number of piperazine rings is 1. The number of nitrogens with zero attached hydrogens (tertiary/aromatic N) is 2. The molecule has 0 aromatic rings. The predicted octanol–water partition coefficient (Wildman–Crippen LogP) is 1.72. The molecule has 1 heterocycles. The summed E-state index contributed by atoms with van der Waals surface area (Å²) in [5.41, 5.74) is 1.11. The Kier molecular flexibility index (Phi) is 4.35. The molecule has 2 rings (SSSR count). The molecule has 1 aliphatic carbocycles. The fraction of sp³-hybridized carbons (Fsp3) is 0.692. The third-order valence-corrected chi connectivity index (χ3v) is 3.69. The Morgan fingerprint density at radius 3 is 1.95 bits per heavy atom. The third-order valence-electron chi connectivity index (χ3n) is 3.69. The maximum Gasteiger partial charge on any atom is 0.471 e. The molecule has 7 heteroatoms. The minimum absolute atomic E-state index is 0.0622. The minimum Gasteiger partial charge on any atom is -0.336 e. The van der Waals surface area contributed by atoms with Gasteiger partial charge in [-0.1, -0.05) is 5.57 Å². The van der Waals surface area contributed by atoms with E-state index in [2.05, 4.69) is 0 Å².